The maximum atomic E-state index is 12.2. The van der Waals surface area contributed by atoms with E-state index in [2.05, 4.69) is 34.0 Å². The van der Waals surface area contributed by atoms with Crippen LogP contribution in [0, 0.1) is 13.8 Å². The van der Waals surface area contributed by atoms with Crippen molar-refractivity contribution in [3.8, 4) is 0 Å². The Hall–Kier alpha value is -1.24. The molecule has 0 atom stereocenters. The average Bonchev–Trinajstić information content (AvgIpc) is 2.78. The standard InChI is InChI=1S/C16H26N4OS/c1-5-20(6-2)9-7-8-17-10-13-18-15(21)14-11(3)12(4)22-16(14)19-13/h17H,5-10H2,1-4H3,(H,18,19,21). The van der Waals surface area contributed by atoms with Gasteiger partial charge in [-0.3, -0.25) is 4.79 Å². The van der Waals surface area contributed by atoms with Gasteiger partial charge in [0.05, 0.1) is 11.9 Å². The topological polar surface area (TPSA) is 61.0 Å². The predicted octanol–water partition coefficient (Wildman–Crippen LogP) is 2.42. The van der Waals surface area contributed by atoms with Crippen molar-refractivity contribution in [2.75, 3.05) is 26.2 Å². The highest BCUT2D eigenvalue weighted by atomic mass is 32.1. The van der Waals surface area contributed by atoms with Crippen molar-refractivity contribution in [1.29, 1.82) is 0 Å². The van der Waals surface area contributed by atoms with Gasteiger partial charge in [0.25, 0.3) is 5.56 Å². The van der Waals surface area contributed by atoms with Crippen molar-refractivity contribution in [2.24, 2.45) is 0 Å². The van der Waals surface area contributed by atoms with Crippen molar-refractivity contribution >= 4 is 21.6 Å². The van der Waals surface area contributed by atoms with Crippen LogP contribution in [0.1, 0.15) is 36.5 Å². The van der Waals surface area contributed by atoms with E-state index >= 15 is 0 Å². The normalized spacial score (nSPS) is 11.7. The Morgan fingerprint density at radius 2 is 2.00 bits per heavy atom. The van der Waals surface area contributed by atoms with E-state index in [1.165, 1.54) is 0 Å². The zero-order valence-electron chi connectivity index (χ0n) is 14.0. The first-order valence-electron chi connectivity index (χ1n) is 7.98. The summed E-state index contributed by atoms with van der Waals surface area (Å²) in [5.74, 6) is 0.724. The molecule has 0 aromatic carbocycles. The molecule has 0 radical (unpaired) electrons. The molecule has 0 aliphatic heterocycles. The van der Waals surface area contributed by atoms with Gasteiger partial charge in [-0.25, -0.2) is 4.98 Å². The monoisotopic (exact) mass is 322 g/mol. The Morgan fingerprint density at radius 3 is 2.68 bits per heavy atom. The maximum Gasteiger partial charge on any atom is 0.259 e. The smallest absolute Gasteiger partial charge is 0.259 e. The Kier molecular flexibility index (Phi) is 6.11. The molecule has 0 saturated carbocycles. The fourth-order valence-corrected chi connectivity index (χ4v) is 3.61. The van der Waals surface area contributed by atoms with E-state index in [0.717, 1.165) is 59.1 Å². The van der Waals surface area contributed by atoms with Crippen LogP contribution in [0.15, 0.2) is 4.79 Å². The number of hydrogen-bond donors (Lipinski definition) is 2. The average molecular weight is 322 g/mol. The molecule has 2 aromatic rings. The zero-order chi connectivity index (χ0) is 16.1. The molecule has 0 bridgehead atoms. The van der Waals surface area contributed by atoms with E-state index in [-0.39, 0.29) is 5.56 Å². The first-order valence-corrected chi connectivity index (χ1v) is 8.80. The fourth-order valence-electron chi connectivity index (χ4n) is 2.56. The molecule has 2 N–H and O–H groups in total. The number of aryl methyl sites for hydroxylation is 2. The summed E-state index contributed by atoms with van der Waals surface area (Å²) in [6.45, 7) is 13.2. The number of aromatic amines is 1. The predicted molar refractivity (Wildman–Crippen MR) is 93.8 cm³/mol. The SMILES string of the molecule is CCN(CC)CCCNCc1nc2sc(C)c(C)c2c(=O)[nH]1. The van der Waals surface area contributed by atoms with E-state index in [0.29, 0.717) is 6.54 Å². The van der Waals surface area contributed by atoms with E-state index in [1.54, 1.807) is 11.3 Å². The van der Waals surface area contributed by atoms with Crippen LogP contribution in [0.2, 0.25) is 0 Å². The molecule has 6 heteroatoms. The Bertz CT molecular complexity index is 673. The van der Waals surface area contributed by atoms with E-state index in [9.17, 15) is 4.79 Å². The van der Waals surface area contributed by atoms with Gasteiger partial charge in [-0.05, 0) is 52.0 Å². The highest BCUT2D eigenvalue weighted by Crippen LogP contribution is 2.25. The molecule has 0 aliphatic carbocycles. The van der Waals surface area contributed by atoms with Crippen LogP contribution in [-0.4, -0.2) is 41.0 Å². The third kappa shape index (κ3) is 3.94. The lowest BCUT2D eigenvalue weighted by Crippen LogP contribution is -2.27. The van der Waals surface area contributed by atoms with Crippen LogP contribution in [0.25, 0.3) is 10.2 Å². The Morgan fingerprint density at radius 1 is 1.27 bits per heavy atom. The summed E-state index contributed by atoms with van der Waals surface area (Å²) in [7, 11) is 0. The first kappa shape index (κ1) is 17.1. The molecule has 122 valence electrons. The van der Waals surface area contributed by atoms with Crippen LogP contribution in [0.4, 0.5) is 0 Å². The first-order chi connectivity index (χ1) is 10.6. The number of nitrogens with one attached hydrogen (secondary N) is 2. The van der Waals surface area contributed by atoms with Gasteiger partial charge in [0, 0.05) is 4.88 Å². The molecule has 0 spiro atoms. The van der Waals surface area contributed by atoms with Crippen molar-refractivity contribution in [3.05, 3.63) is 26.6 Å². The number of fused-ring (bicyclic) bond motifs is 1. The minimum Gasteiger partial charge on any atom is -0.310 e. The van der Waals surface area contributed by atoms with Crippen molar-refractivity contribution in [3.63, 3.8) is 0 Å². The van der Waals surface area contributed by atoms with E-state index < -0.39 is 0 Å². The van der Waals surface area contributed by atoms with Crippen molar-refractivity contribution in [2.45, 2.75) is 40.7 Å². The fraction of sp³-hybridized carbons (Fsp3) is 0.625. The molecule has 5 nitrogen and oxygen atoms in total. The van der Waals surface area contributed by atoms with Gasteiger partial charge in [-0.15, -0.1) is 11.3 Å². The number of aromatic nitrogens is 2. The van der Waals surface area contributed by atoms with Crippen LogP contribution in [0.3, 0.4) is 0 Å². The van der Waals surface area contributed by atoms with Gasteiger partial charge in [-0.2, -0.15) is 0 Å². The molecule has 2 rings (SSSR count). The number of hydrogen-bond acceptors (Lipinski definition) is 5. The molecule has 0 unspecified atom stereocenters. The van der Waals surface area contributed by atoms with Gasteiger partial charge in [0.15, 0.2) is 0 Å². The van der Waals surface area contributed by atoms with Gasteiger partial charge in [0.2, 0.25) is 0 Å². The highest BCUT2D eigenvalue weighted by molar-refractivity contribution is 7.18. The minimum atomic E-state index is -0.0215. The molecule has 0 saturated heterocycles. The van der Waals surface area contributed by atoms with Gasteiger partial charge in [0.1, 0.15) is 10.7 Å². The molecular formula is C16H26N4OS. The molecule has 0 aliphatic rings. The van der Waals surface area contributed by atoms with Crippen LogP contribution in [-0.2, 0) is 6.54 Å². The second-order valence-corrected chi connectivity index (χ2v) is 6.74. The second kappa shape index (κ2) is 7.85. The van der Waals surface area contributed by atoms with Gasteiger partial charge < -0.3 is 15.2 Å². The molecule has 22 heavy (non-hydrogen) atoms. The molecule has 0 amide bonds. The summed E-state index contributed by atoms with van der Waals surface area (Å²) in [4.78, 5) is 24.1. The Labute approximate surface area is 135 Å². The number of H-pyrrole nitrogens is 1. The van der Waals surface area contributed by atoms with E-state index in [1.807, 2.05) is 13.8 Å². The lowest BCUT2D eigenvalue weighted by molar-refractivity contribution is 0.298. The lowest BCUT2D eigenvalue weighted by Gasteiger charge is -2.17. The number of nitrogens with zero attached hydrogens (tertiary/aromatic N) is 2. The summed E-state index contributed by atoms with van der Waals surface area (Å²) in [5.41, 5.74) is 1.03. The summed E-state index contributed by atoms with van der Waals surface area (Å²) in [5, 5.41) is 4.11. The van der Waals surface area contributed by atoms with Gasteiger partial charge in [-0.1, -0.05) is 13.8 Å². The largest absolute Gasteiger partial charge is 0.310 e. The quantitative estimate of drug-likeness (QED) is 0.733. The third-order valence-electron chi connectivity index (χ3n) is 4.10. The summed E-state index contributed by atoms with van der Waals surface area (Å²) in [6, 6.07) is 0. The Balaban J connectivity index is 1.91. The maximum absolute atomic E-state index is 12.2. The number of thiophene rings is 1. The van der Waals surface area contributed by atoms with Crippen molar-refractivity contribution < 1.29 is 0 Å². The molecular weight excluding hydrogens is 296 g/mol. The highest BCUT2D eigenvalue weighted by Gasteiger charge is 2.11. The lowest BCUT2D eigenvalue weighted by atomic mass is 10.2. The van der Waals surface area contributed by atoms with Crippen LogP contribution < -0.4 is 10.9 Å². The van der Waals surface area contributed by atoms with Crippen LogP contribution >= 0.6 is 11.3 Å². The molecule has 0 fully saturated rings. The van der Waals surface area contributed by atoms with Gasteiger partial charge >= 0.3 is 0 Å². The van der Waals surface area contributed by atoms with Crippen LogP contribution in [0.5, 0.6) is 0 Å². The summed E-state index contributed by atoms with van der Waals surface area (Å²) >= 11 is 1.60. The zero-order valence-corrected chi connectivity index (χ0v) is 14.8. The molecule has 2 aromatic heterocycles. The number of rotatable bonds is 8. The second-order valence-electron chi connectivity index (χ2n) is 5.53. The van der Waals surface area contributed by atoms with E-state index in [4.69, 9.17) is 0 Å². The summed E-state index contributed by atoms with van der Waals surface area (Å²) < 4.78 is 0. The third-order valence-corrected chi connectivity index (χ3v) is 5.20. The minimum absolute atomic E-state index is 0.0215. The summed E-state index contributed by atoms with van der Waals surface area (Å²) in [6.07, 6.45) is 1.10. The van der Waals surface area contributed by atoms with Crippen molar-refractivity contribution in [1.82, 2.24) is 20.2 Å². The molecule has 2 heterocycles.